The SMILES string of the molecule is CCN(CCNC(C)C)c1cncc(OC)n1. The van der Waals surface area contributed by atoms with E-state index in [9.17, 15) is 0 Å². The number of likely N-dealkylation sites (N-methyl/N-ethyl adjacent to an activating group) is 1. The average Bonchev–Trinajstić information content (AvgIpc) is 2.34. The molecule has 0 amide bonds. The summed E-state index contributed by atoms with van der Waals surface area (Å²) in [4.78, 5) is 10.7. The van der Waals surface area contributed by atoms with Crippen LogP contribution in [0, 0.1) is 0 Å². The second kappa shape index (κ2) is 7.06. The predicted octanol–water partition coefficient (Wildman–Crippen LogP) is 1.31. The maximum absolute atomic E-state index is 5.08. The summed E-state index contributed by atoms with van der Waals surface area (Å²) in [7, 11) is 1.60. The van der Waals surface area contributed by atoms with E-state index in [1.807, 2.05) is 0 Å². The van der Waals surface area contributed by atoms with Crippen LogP contribution in [0.2, 0.25) is 0 Å². The predicted molar refractivity (Wildman–Crippen MR) is 69.6 cm³/mol. The molecular formula is C12H22N4O. The summed E-state index contributed by atoms with van der Waals surface area (Å²) >= 11 is 0. The van der Waals surface area contributed by atoms with E-state index in [1.54, 1.807) is 19.5 Å². The number of methoxy groups -OCH3 is 1. The lowest BCUT2D eigenvalue weighted by Gasteiger charge is -2.22. The van der Waals surface area contributed by atoms with Gasteiger partial charge < -0.3 is 15.0 Å². The molecule has 17 heavy (non-hydrogen) atoms. The first kappa shape index (κ1) is 13.7. The molecule has 5 heteroatoms. The smallest absolute Gasteiger partial charge is 0.233 e. The summed E-state index contributed by atoms with van der Waals surface area (Å²) in [6, 6.07) is 0.505. The number of anilines is 1. The number of nitrogens with one attached hydrogen (secondary N) is 1. The van der Waals surface area contributed by atoms with Gasteiger partial charge in [-0.3, -0.25) is 4.98 Å². The fourth-order valence-corrected chi connectivity index (χ4v) is 1.51. The largest absolute Gasteiger partial charge is 0.480 e. The van der Waals surface area contributed by atoms with Crippen molar-refractivity contribution in [3.63, 3.8) is 0 Å². The normalized spacial score (nSPS) is 10.6. The molecule has 1 heterocycles. The molecule has 0 aromatic carbocycles. The van der Waals surface area contributed by atoms with Crippen LogP contribution in [0.25, 0.3) is 0 Å². The molecule has 1 aromatic rings. The minimum absolute atomic E-state index is 0.505. The summed E-state index contributed by atoms with van der Waals surface area (Å²) in [6.45, 7) is 9.14. The maximum Gasteiger partial charge on any atom is 0.233 e. The van der Waals surface area contributed by atoms with Gasteiger partial charge in [0.25, 0.3) is 0 Å². The Kier molecular flexibility index (Phi) is 5.69. The third-order valence-electron chi connectivity index (χ3n) is 2.45. The van der Waals surface area contributed by atoms with E-state index in [2.05, 4.69) is 41.0 Å². The molecule has 0 bridgehead atoms. The van der Waals surface area contributed by atoms with Crippen LogP contribution >= 0.6 is 0 Å². The number of hydrogen-bond donors (Lipinski definition) is 1. The Morgan fingerprint density at radius 3 is 2.76 bits per heavy atom. The highest BCUT2D eigenvalue weighted by molar-refractivity contribution is 5.37. The zero-order valence-electron chi connectivity index (χ0n) is 11.1. The lowest BCUT2D eigenvalue weighted by Crippen LogP contribution is -2.35. The molecule has 1 N–H and O–H groups in total. The van der Waals surface area contributed by atoms with Crippen LogP contribution in [-0.4, -0.2) is 42.8 Å². The Hall–Kier alpha value is -1.36. The lowest BCUT2D eigenvalue weighted by atomic mass is 10.4. The lowest BCUT2D eigenvalue weighted by molar-refractivity contribution is 0.395. The molecule has 96 valence electrons. The highest BCUT2D eigenvalue weighted by atomic mass is 16.5. The molecule has 0 saturated heterocycles. The summed E-state index contributed by atoms with van der Waals surface area (Å²) < 4.78 is 5.08. The van der Waals surface area contributed by atoms with Crippen molar-refractivity contribution in [1.82, 2.24) is 15.3 Å². The van der Waals surface area contributed by atoms with E-state index in [4.69, 9.17) is 4.74 Å². The molecule has 0 atom stereocenters. The molecule has 5 nitrogen and oxygen atoms in total. The molecule has 0 fully saturated rings. The van der Waals surface area contributed by atoms with Crippen molar-refractivity contribution in [3.8, 4) is 5.88 Å². The minimum Gasteiger partial charge on any atom is -0.480 e. The zero-order valence-corrected chi connectivity index (χ0v) is 11.1. The maximum atomic E-state index is 5.08. The summed E-state index contributed by atoms with van der Waals surface area (Å²) in [5, 5.41) is 3.39. The topological polar surface area (TPSA) is 50.3 Å². The van der Waals surface area contributed by atoms with Crippen LogP contribution in [0.1, 0.15) is 20.8 Å². The van der Waals surface area contributed by atoms with Gasteiger partial charge in [0.1, 0.15) is 0 Å². The van der Waals surface area contributed by atoms with Crippen LogP contribution in [0.5, 0.6) is 5.88 Å². The molecule has 0 saturated carbocycles. The molecule has 1 rings (SSSR count). The van der Waals surface area contributed by atoms with Crippen LogP contribution in [0.3, 0.4) is 0 Å². The highest BCUT2D eigenvalue weighted by Crippen LogP contribution is 2.12. The van der Waals surface area contributed by atoms with Crippen molar-refractivity contribution in [2.24, 2.45) is 0 Å². The van der Waals surface area contributed by atoms with Gasteiger partial charge in [0.2, 0.25) is 5.88 Å². The highest BCUT2D eigenvalue weighted by Gasteiger charge is 2.07. The van der Waals surface area contributed by atoms with Crippen molar-refractivity contribution in [2.45, 2.75) is 26.8 Å². The Bertz CT molecular complexity index is 330. The first-order valence-corrected chi connectivity index (χ1v) is 6.01. The Morgan fingerprint density at radius 1 is 1.41 bits per heavy atom. The fraction of sp³-hybridized carbons (Fsp3) is 0.667. The summed E-state index contributed by atoms with van der Waals surface area (Å²) in [5.74, 6) is 1.41. The van der Waals surface area contributed by atoms with Crippen molar-refractivity contribution in [1.29, 1.82) is 0 Å². The van der Waals surface area contributed by atoms with E-state index >= 15 is 0 Å². The van der Waals surface area contributed by atoms with E-state index in [1.165, 1.54) is 0 Å². The molecule has 0 aliphatic rings. The quantitative estimate of drug-likeness (QED) is 0.776. The van der Waals surface area contributed by atoms with E-state index in [0.717, 1.165) is 25.5 Å². The van der Waals surface area contributed by atoms with Gasteiger partial charge >= 0.3 is 0 Å². The second-order valence-corrected chi connectivity index (χ2v) is 4.11. The third kappa shape index (κ3) is 4.56. The van der Waals surface area contributed by atoms with Gasteiger partial charge in [0, 0.05) is 25.7 Å². The molecule has 0 unspecified atom stereocenters. The number of rotatable bonds is 7. The van der Waals surface area contributed by atoms with Crippen molar-refractivity contribution in [2.75, 3.05) is 31.6 Å². The van der Waals surface area contributed by atoms with Gasteiger partial charge in [0.05, 0.1) is 19.5 Å². The summed E-state index contributed by atoms with van der Waals surface area (Å²) in [6.07, 6.45) is 3.38. The number of aromatic nitrogens is 2. The average molecular weight is 238 g/mol. The van der Waals surface area contributed by atoms with Gasteiger partial charge in [-0.05, 0) is 6.92 Å². The number of hydrogen-bond acceptors (Lipinski definition) is 5. The van der Waals surface area contributed by atoms with Crippen LogP contribution in [0.15, 0.2) is 12.4 Å². The molecule has 1 aromatic heterocycles. The first-order valence-electron chi connectivity index (χ1n) is 6.01. The van der Waals surface area contributed by atoms with Crippen molar-refractivity contribution >= 4 is 5.82 Å². The Labute approximate surface area is 103 Å². The van der Waals surface area contributed by atoms with E-state index in [-0.39, 0.29) is 0 Å². The zero-order chi connectivity index (χ0) is 12.7. The van der Waals surface area contributed by atoms with Crippen LogP contribution in [-0.2, 0) is 0 Å². The Morgan fingerprint density at radius 2 is 2.18 bits per heavy atom. The summed E-state index contributed by atoms with van der Waals surface area (Å²) in [5.41, 5.74) is 0. The van der Waals surface area contributed by atoms with Crippen molar-refractivity contribution in [3.05, 3.63) is 12.4 Å². The van der Waals surface area contributed by atoms with Gasteiger partial charge in [-0.15, -0.1) is 0 Å². The standard InChI is InChI=1S/C12H22N4O/c1-5-16(7-6-14-10(2)3)11-8-13-9-12(15-11)17-4/h8-10,14H,5-7H2,1-4H3. The second-order valence-electron chi connectivity index (χ2n) is 4.11. The van der Waals surface area contributed by atoms with Gasteiger partial charge in [0.15, 0.2) is 5.82 Å². The van der Waals surface area contributed by atoms with E-state index in [0.29, 0.717) is 11.9 Å². The molecule has 0 aliphatic heterocycles. The van der Waals surface area contributed by atoms with Gasteiger partial charge in [-0.2, -0.15) is 4.98 Å². The first-order chi connectivity index (χ1) is 8.17. The molecule has 0 spiro atoms. The van der Waals surface area contributed by atoms with E-state index < -0.39 is 0 Å². The Balaban J connectivity index is 2.59. The van der Waals surface area contributed by atoms with Crippen LogP contribution in [0.4, 0.5) is 5.82 Å². The monoisotopic (exact) mass is 238 g/mol. The number of ether oxygens (including phenoxy) is 1. The molecular weight excluding hydrogens is 216 g/mol. The van der Waals surface area contributed by atoms with Gasteiger partial charge in [-0.1, -0.05) is 13.8 Å². The van der Waals surface area contributed by atoms with Gasteiger partial charge in [-0.25, -0.2) is 0 Å². The molecule has 0 radical (unpaired) electrons. The van der Waals surface area contributed by atoms with Crippen LogP contribution < -0.4 is 15.0 Å². The third-order valence-corrected chi connectivity index (χ3v) is 2.45. The number of nitrogens with zero attached hydrogens (tertiary/aromatic N) is 3. The fourth-order valence-electron chi connectivity index (χ4n) is 1.51. The van der Waals surface area contributed by atoms with Crippen molar-refractivity contribution < 1.29 is 4.74 Å². The molecule has 0 aliphatic carbocycles. The minimum atomic E-state index is 0.505.